The molecule has 1 rings (SSSR count). The van der Waals surface area contributed by atoms with Crippen molar-refractivity contribution in [3.63, 3.8) is 0 Å². The molecule has 1 saturated heterocycles. The summed E-state index contributed by atoms with van der Waals surface area (Å²) in [4.78, 5) is 4.81. The molecule has 5 nitrogen and oxygen atoms in total. The average Bonchev–Trinajstić information content (AvgIpc) is 2.63. The molecule has 0 aromatic carbocycles. The van der Waals surface area contributed by atoms with Gasteiger partial charge in [0.1, 0.15) is 0 Å². The van der Waals surface area contributed by atoms with Gasteiger partial charge < -0.3 is 19.5 Å². The number of ether oxygens (including phenoxy) is 2. The van der Waals surface area contributed by atoms with E-state index >= 15 is 0 Å². The Morgan fingerprint density at radius 1 is 0.947 bits per heavy atom. The molecule has 1 aliphatic heterocycles. The van der Waals surface area contributed by atoms with Gasteiger partial charge in [-0.1, -0.05) is 0 Å². The molecule has 0 atom stereocenters. The van der Waals surface area contributed by atoms with Crippen LogP contribution in [0.2, 0.25) is 0 Å². The third-order valence-electron chi connectivity index (χ3n) is 3.48. The maximum absolute atomic E-state index is 8.98. The number of hydrogen-bond acceptors (Lipinski definition) is 5. The molecule has 1 fully saturated rings. The molecular weight excluding hydrogens is 244 g/mol. The molecule has 0 aromatic heterocycles. The predicted octanol–water partition coefficient (Wildman–Crippen LogP) is 0.776. The fraction of sp³-hybridized carbons (Fsp3) is 1.00. The number of aliphatic hydroxyl groups excluding tert-OH is 1. The summed E-state index contributed by atoms with van der Waals surface area (Å²) in [5.74, 6) is 0. The summed E-state index contributed by atoms with van der Waals surface area (Å²) in [6, 6.07) is 0. The van der Waals surface area contributed by atoms with Crippen molar-refractivity contribution in [3.8, 4) is 0 Å². The van der Waals surface area contributed by atoms with E-state index in [0.29, 0.717) is 13.2 Å². The minimum absolute atomic E-state index is 0.0632. The summed E-state index contributed by atoms with van der Waals surface area (Å²) in [6.45, 7) is 11.9. The third-order valence-corrected chi connectivity index (χ3v) is 3.48. The van der Waals surface area contributed by atoms with Crippen molar-refractivity contribution in [2.75, 3.05) is 59.1 Å². The zero-order valence-electron chi connectivity index (χ0n) is 12.5. The highest BCUT2D eigenvalue weighted by Gasteiger charge is 2.16. The highest BCUT2D eigenvalue weighted by Crippen LogP contribution is 2.07. The van der Waals surface area contributed by atoms with Gasteiger partial charge in [-0.05, 0) is 33.4 Å². The Balaban J connectivity index is 2.24. The van der Waals surface area contributed by atoms with Gasteiger partial charge in [0.05, 0.1) is 6.61 Å². The monoisotopic (exact) mass is 274 g/mol. The predicted molar refractivity (Wildman–Crippen MR) is 76.2 cm³/mol. The zero-order valence-corrected chi connectivity index (χ0v) is 12.5. The molecule has 0 bridgehead atoms. The Morgan fingerprint density at radius 3 is 2.05 bits per heavy atom. The summed E-state index contributed by atoms with van der Waals surface area (Å²) < 4.78 is 11.1. The maximum atomic E-state index is 8.98. The van der Waals surface area contributed by atoms with Gasteiger partial charge in [-0.2, -0.15) is 0 Å². The lowest BCUT2D eigenvalue weighted by molar-refractivity contribution is -0.141. The molecular formula is C14H30N2O3. The standard InChI is InChI=1S/C14H30N2O3/c1-3-18-14(19-4-2)6-9-15-7-5-8-16(11-10-15)12-13-17/h14,17H,3-13H2,1-2H3. The molecule has 1 heterocycles. The van der Waals surface area contributed by atoms with E-state index in [0.717, 1.165) is 45.7 Å². The van der Waals surface area contributed by atoms with Crippen LogP contribution in [0.3, 0.4) is 0 Å². The summed E-state index contributed by atoms with van der Waals surface area (Å²) in [5, 5.41) is 8.98. The largest absolute Gasteiger partial charge is 0.395 e. The molecule has 0 aromatic rings. The van der Waals surface area contributed by atoms with Crippen molar-refractivity contribution in [2.45, 2.75) is 33.0 Å². The normalized spacial score (nSPS) is 18.9. The van der Waals surface area contributed by atoms with Crippen LogP contribution >= 0.6 is 0 Å². The molecule has 1 N–H and O–H groups in total. The Morgan fingerprint density at radius 2 is 1.53 bits per heavy atom. The first-order valence-corrected chi connectivity index (χ1v) is 7.58. The molecule has 0 unspecified atom stereocenters. The van der Waals surface area contributed by atoms with Crippen LogP contribution in [0.5, 0.6) is 0 Å². The summed E-state index contributed by atoms with van der Waals surface area (Å²) >= 11 is 0. The Kier molecular flexibility index (Phi) is 9.38. The van der Waals surface area contributed by atoms with E-state index in [1.54, 1.807) is 0 Å². The first kappa shape index (κ1) is 16.9. The number of hydrogen-bond donors (Lipinski definition) is 1. The van der Waals surface area contributed by atoms with Crippen LogP contribution in [0, 0.1) is 0 Å². The summed E-state index contributed by atoms with van der Waals surface area (Å²) in [7, 11) is 0. The molecule has 0 amide bonds. The minimum Gasteiger partial charge on any atom is -0.395 e. The van der Waals surface area contributed by atoms with Crippen LogP contribution in [0.15, 0.2) is 0 Å². The smallest absolute Gasteiger partial charge is 0.158 e. The van der Waals surface area contributed by atoms with Gasteiger partial charge >= 0.3 is 0 Å². The molecule has 1 aliphatic rings. The van der Waals surface area contributed by atoms with Gasteiger partial charge in [-0.15, -0.1) is 0 Å². The third kappa shape index (κ3) is 7.22. The molecule has 0 radical (unpaired) electrons. The highest BCUT2D eigenvalue weighted by molar-refractivity contribution is 4.69. The average molecular weight is 274 g/mol. The minimum atomic E-state index is -0.0632. The van der Waals surface area contributed by atoms with E-state index in [1.807, 2.05) is 13.8 Å². The lowest BCUT2D eigenvalue weighted by Gasteiger charge is -2.24. The fourth-order valence-electron chi connectivity index (χ4n) is 2.49. The zero-order chi connectivity index (χ0) is 13.9. The van der Waals surface area contributed by atoms with E-state index < -0.39 is 0 Å². The van der Waals surface area contributed by atoms with E-state index in [-0.39, 0.29) is 12.9 Å². The van der Waals surface area contributed by atoms with Crippen molar-refractivity contribution >= 4 is 0 Å². The SMILES string of the molecule is CCOC(CCN1CCCN(CCO)CC1)OCC. The number of aliphatic hydroxyl groups is 1. The first-order chi connectivity index (χ1) is 9.30. The van der Waals surface area contributed by atoms with Crippen molar-refractivity contribution in [3.05, 3.63) is 0 Å². The van der Waals surface area contributed by atoms with Crippen LogP contribution in [-0.4, -0.2) is 80.3 Å². The van der Waals surface area contributed by atoms with Gasteiger partial charge in [0.15, 0.2) is 6.29 Å². The Labute approximate surface area is 117 Å². The molecule has 0 spiro atoms. The van der Waals surface area contributed by atoms with Crippen LogP contribution in [0.1, 0.15) is 26.7 Å². The highest BCUT2D eigenvalue weighted by atomic mass is 16.7. The molecule has 114 valence electrons. The second-order valence-electron chi connectivity index (χ2n) is 4.89. The lowest BCUT2D eigenvalue weighted by atomic mass is 10.3. The molecule has 5 heteroatoms. The van der Waals surface area contributed by atoms with Crippen LogP contribution in [-0.2, 0) is 9.47 Å². The topological polar surface area (TPSA) is 45.2 Å². The van der Waals surface area contributed by atoms with Gasteiger partial charge in [0.2, 0.25) is 0 Å². The van der Waals surface area contributed by atoms with Gasteiger partial charge in [-0.25, -0.2) is 0 Å². The second kappa shape index (κ2) is 10.6. The first-order valence-electron chi connectivity index (χ1n) is 7.58. The number of rotatable bonds is 9. The molecule has 0 saturated carbocycles. The van der Waals surface area contributed by atoms with Crippen LogP contribution in [0.25, 0.3) is 0 Å². The van der Waals surface area contributed by atoms with Crippen LogP contribution in [0.4, 0.5) is 0 Å². The van der Waals surface area contributed by atoms with Crippen molar-refractivity contribution < 1.29 is 14.6 Å². The lowest BCUT2D eigenvalue weighted by Crippen LogP contribution is -2.34. The maximum Gasteiger partial charge on any atom is 0.158 e. The fourth-order valence-corrected chi connectivity index (χ4v) is 2.49. The molecule has 19 heavy (non-hydrogen) atoms. The summed E-state index contributed by atoms with van der Waals surface area (Å²) in [6.07, 6.45) is 2.04. The van der Waals surface area contributed by atoms with E-state index in [2.05, 4.69) is 9.80 Å². The Hall–Kier alpha value is -0.200. The summed E-state index contributed by atoms with van der Waals surface area (Å²) in [5.41, 5.74) is 0. The van der Waals surface area contributed by atoms with Gasteiger partial charge in [-0.3, -0.25) is 4.90 Å². The van der Waals surface area contributed by atoms with E-state index in [4.69, 9.17) is 14.6 Å². The van der Waals surface area contributed by atoms with Crippen molar-refractivity contribution in [1.29, 1.82) is 0 Å². The van der Waals surface area contributed by atoms with Gasteiger partial charge in [0.25, 0.3) is 0 Å². The van der Waals surface area contributed by atoms with E-state index in [1.165, 1.54) is 6.42 Å². The van der Waals surface area contributed by atoms with Crippen LogP contribution < -0.4 is 0 Å². The Bertz CT molecular complexity index is 211. The van der Waals surface area contributed by atoms with Crippen molar-refractivity contribution in [1.82, 2.24) is 9.80 Å². The quantitative estimate of drug-likeness (QED) is 0.629. The second-order valence-corrected chi connectivity index (χ2v) is 4.89. The van der Waals surface area contributed by atoms with E-state index in [9.17, 15) is 0 Å². The van der Waals surface area contributed by atoms with Gasteiger partial charge in [0, 0.05) is 45.8 Å². The number of nitrogens with zero attached hydrogens (tertiary/aromatic N) is 2. The number of β-amino-alcohol motifs (C(OH)–C–C–N with tert-alkyl or cyclic N) is 1. The molecule has 0 aliphatic carbocycles. The van der Waals surface area contributed by atoms with Crippen molar-refractivity contribution in [2.24, 2.45) is 0 Å².